The van der Waals surface area contributed by atoms with Crippen LogP contribution in [0.15, 0.2) is 53.4 Å². The highest BCUT2D eigenvalue weighted by atomic mass is 32.2. The average molecular weight is 468 g/mol. The number of rotatable bonds is 5. The van der Waals surface area contributed by atoms with E-state index in [1.165, 1.54) is 40.3 Å². The molecular weight excluding hydrogens is 444 g/mol. The largest absolute Gasteiger partial charge is 0.325 e. The van der Waals surface area contributed by atoms with E-state index in [0.29, 0.717) is 25.2 Å². The van der Waals surface area contributed by atoms with Crippen molar-refractivity contribution in [3.05, 3.63) is 65.7 Å². The van der Waals surface area contributed by atoms with E-state index < -0.39 is 15.8 Å². The van der Waals surface area contributed by atoms with Crippen LogP contribution in [0.4, 0.5) is 8.78 Å². The Bertz CT molecular complexity index is 1060. The number of hydrogen-bond acceptors (Lipinski definition) is 5. The van der Waals surface area contributed by atoms with Gasteiger partial charge in [-0.25, -0.2) is 17.2 Å². The predicted molar refractivity (Wildman–Crippen MR) is 115 cm³/mol. The molecule has 31 heavy (non-hydrogen) atoms. The van der Waals surface area contributed by atoms with Crippen molar-refractivity contribution < 1.29 is 22.0 Å². The SMILES string of the molecule is O=C(CN1CCN(S(=O)(=O)c2cccc(F)c2)CC1)N1CCS[C@H]1c1ccccc1F. The van der Waals surface area contributed by atoms with Crippen molar-refractivity contribution in [3.63, 3.8) is 0 Å². The van der Waals surface area contributed by atoms with Crippen LogP contribution in [0.3, 0.4) is 0 Å². The molecule has 2 fully saturated rings. The lowest BCUT2D eigenvalue weighted by molar-refractivity contribution is -0.132. The van der Waals surface area contributed by atoms with Crippen LogP contribution in [0.1, 0.15) is 10.9 Å². The molecular formula is C21H23F2N3O3S2. The number of sulfonamides is 1. The number of amides is 1. The summed E-state index contributed by atoms with van der Waals surface area (Å²) in [6, 6.07) is 11.5. The molecule has 0 spiro atoms. The Kier molecular flexibility index (Phi) is 6.61. The van der Waals surface area contributed by atoms with E-state index in [2.05, 4.69) is 0 Å². The molecule has 4 rings (SSSR count). The maximum absolute atomic E-state index is 14.2. The van der Waals surface area contributed by atoms with Crippen LogP contribution >= 0.6 is 11.8 Å². The quantitative estimate of drug-likeness (QED) is 0.677. The lowest BCUT2D eigenvalue weighted by atomic mass is 10.2. The third-order valence-corrected chi connectivity index (χ3v) is 8.64. The molecule has 10 heteroatoms. The molecule has 6 nitrogen and oxygen atoms in total. The number of halogens is 2. The normalized spacial score (nSPS) is 20.8. The van der Waals surface area contributed by atoms with E-state index in [1.54, 1.807) is 23.1 Å². The zero-order valence-corrected chi connectivity index (χ0v) is 18.4. The topological polar surface area (TPSA) is 60.9 Å². The molecule has 166 valence electrons. The van der Waals surface area contributed by atoms with Gasteiger partial charge in [-0.3, -0.25) is 9.69 Å². The van der Waals surface area contributed by atoms with E-state index in [-0.39, 0.29) is 41.6 Å². The smallest absolute Gasteiger partial charge is 0.243 e. The number of piperazine rings is 1. The number of carbonyl (C=O) groups is 1. The average Bonchev–Trinajstić information content (AvgIpc) is 3.24. The lowest BCUT2D eigenvalue weighted by Gasteiger charge is -2.35. The van der Waals surface area contributed by atoms with Crippen molar-refractivity contribution in [1.29, 1.82) is 0 Å². The molecule has 1 atom stereocenters. The third-order valence-electron chi connectivity index (χ3n) is 5.51. The lowest BCUT2D eigenvalue weighted by Crippen LogP contribution is -2.51. The van der Waals surface area contributed by atoms with Gasteiger partial charge in [0.1, 0.15) is 17.0 Å². The number of hydrogen-bond donors (Lipinski definition) is 0. The van der Waals surface area contributed by atoms with Gasteiger partial charge >= 0.3 is 0 Å². The summed E-state index contributed by atoms with van der Waals surface area (Å²) in [5.41, 5.74) is 0.504. The molecule has 2 aliphatic rings. The Morgan fingerprint density at radius 1 is 1.00 bits per heavy atom. The van der Waals surface area contributed by atoms with Crippen molar-refractivity contribution in [1.82, 2.24) is 14.1 Å². The van der Waals surface area contributed by atoms with Crippen molar-refractivity contribution in [2.45, 2.75) is 10.3 Å². The Hall–Kier alpha value is -2.01. The highest BCUT2D eigenvalue weighted by Gasteiger charge is 2.34. The molecule has 0 bridgehead atoms. The minimum absolute atomic E-state index is 0.0705. The highest BCUT2D eigenvalue weighted by Crippen LogP contribution is 2.39. The fraction of sp³-hybridized carbons (Fsp3) is 0.381. The zero-order valence-electron chi connectivity index (χ0n) is 16.8. The Balaban J connectivity index is 1.36. The second kappa shape index (κ2) is 9.23. The predicted octanol–water partition coefficient (Wildman–Crippen LogP) is 2.55. The summed E-state index contributed by atoms with van der Waals surface area (Å²) in [5, 5.41) is -0.344. The summed E-state index contributed by atoms with van der Waals surface area (Å²) in [7, 11) is -3.78. The van der Waals surface area contributed by atoms with Crippen LogP contribution < -0.4 is 0 Å². The number of carbonyl (C=O) groups excluding carboxylic acids is 1. The van der Waals surface area contributed by atoms with Gasteiger partial charge < -0.3 is 4.90 Å². The molecule has 0 saturated carbocycles. The molecule has 2 aromatic rings. The first kappa shape index (κ1) is 22.2. The second-order valence-corrected chi connectivity index (χ2v) is 10.6. The van der Waals surface area contributed by atoms with Gasteiger partial charge in [0.05, 0.1) is 11.4 Å². The van der Waals surface area contributed by atoms with Crippen LogP contribution in [-0.4, -0.2) is 73.5 Å². The van der Waals surface area contributed by atoms with Crippen molar-refractivity contribution in [2.75, 3.05) is 45.0 Å². The molecule has 0 radical (unpaired) electrons. The van der Waals surface area contributed by atoms with E-state index in [9.17, 15) is 22.0 Å². The van der Waals surface area contributed by atoms with Gasteiger partial charge in [0.25, 0.3) is 0 Å². The molecule has 2 aliphatic heterocycles. The molecule has 0 unspecified atom stereocenters. The van der Waals surface area contributed by atoms with E-state index in [1.807, 2.05) is 4.90 Å². The summed E-state index contributed by atoms with van der Waals surface area (Å²) in [6.07, 6.45) is 0. The molecule has 2 heterocycles. The molecule has 0 aliphatic carbocycles. The standard InChI is InChI=1S/C21H23F2N3O3S2/c22-16-4-3-5-17(14-16)31(28,29)25-10-8-24(9-11-25)15-20(27)26-12-13-30-21(26)18-6-1-2-7-19(18)23/h1-7,14,21H,8-13,15H2/t21-/m0/s1. The monoisotopic (exact) mass is 467 g/mol. The van der Waals surface area contributed by atoms with Gasteiger partial charge in [-0.05, 0) is 24.3 Å². The second-order valence-electron chi connectivity index (χ2n) is 7.47. The number of thioether (sulfide) groups is 1. The van der Waals surface area contributed by atoms with Crippen molar-refractivity contribution >= 4 is 27.7 Å². The summed E-state index contributed by atoms with van der Waals surface area (Å²) in [4.78, 5) is 16.4. The molecule has 0 N–H and O–H groups in total. The minimum Gasteiger partial charge on any atom is -0.325 e. The van der Waals surface area contributed by atoms with E-state index in [0.717, 1.165) is 11.8 Å². The van der Waals surface area contributed by atoms with Gasteiger partial charge in [-0.2, -0.15) is 4.31 Å². The van der Waals surface area contributed by atoms with Gasteiger partial charge in [-0.1, -0.05) is 24.3 Å². The molecule has 1 amide bonds. The highest BCUT2D eigenvalue weighted by molar-refractivity contribution is 7.99. The van der Waals surface area contributed by atoms with Crippen molar-refractivity contribution in [2.24, 2.45) is 0 Å². The summed E-state index contributed by atoms with van der Waals surface area (Å²) < 4.78 is 54.4. The minimum atomic E-state index is -3.78. The fourth-order valence-corrected chi connectivity index (χ4v) is 6.60. The zero-order chi connectivity index (χ0) is 22.0. The van der Waals surface area contributed by atoms with Gasteiger partial charge in [0, 0.05) is 44.0 Å². The van der Waals surface area contributed by atoms with Crippen LogP contribution in [-0.2, 0) is 14.8 Å². The number of nitrogens with zero attached hydrogens (tertiary/aromatic N) is 3. The Morgan fingerprint density at radius 2 is 1.74 bits per heavy atom. The number of benzene rings is 2. The van der Waals surface area contributed by atoms with Crippen LogP contribution in [0.25, 0.3) is 0 Å². The third kappa shape index (κ3) is 4.77. The molecule has 2 aromatic carbocycles. The van der Waals surface area contributed by atoms with Gasteiger partial charge in [-0.15, -0.1) is 11.8 Å². The van der Waals surface area contributed by atoms with Crippen molar-refractivity contribution in [3.8, 4) is 0 Å². The fourth-order valence-electron chi connectivity index (χ4n) is 3.85. The first-order valence-corrected chi connectivity index (χ1v) is 12.5. The van der Waals surface area contributed by atoms with Gasteiger partial charge in [0.2, 0.25) is 15.9 Å². The van der Waals surface area contributed by atoms with Crippen LogP contribution in [0.2, 0.25) is 0 Å². The summed E-state index contributed by atoms with van der Waals surface area (Å²) in [6.45, 7) is 1.93. The Morgan fingerprint density at radius 3 is 2.45 bits per heavy atom. The van der Waals surface area contributed by atoms with Crippen LogP contribution in [0.5, 0.6) is 0 Å². The maximum atomic E-state index is 14.2. The first-order chi connectivity index (χ1) is 14.9. The summed E-state index contributed by atoms with van der Waals surface area (Å²) in [5.74, 6) is -0.279. The van der Waals surface area contributed by atoms with Gasteiger partial charge in [0.15, 0.2) is 0 Å². The summed E-state index contributed by atoms with van der Waals surface area (Å²) >= 11 is 1.54. The van der Waals surface area contributed by atoms with E-state index in [4.69, 9.17) is 0 Å². The molecule has 2 saturated heterocycles. The maximum Gasteiger partial charge on any atom is 0.243 e. The van der Waals surface area contributed by atoms with Crippen LogP contribution in [0, 0.1) is 11.6 Å². The van der Waals surface area contributed by atoms with E-state index >= 15 is 0 Å². The molecule has 0 aromatic heterocycles. The Labute approximate surface area is 184 Å². The first-order valence-electron chi connectivity index (χ1n) is 10.00.